The second-order valence-corrected chi connectivity index (χ2v) is 7.73. The summed E-state index contributed by atoms with van der Waals surface area (Å²) in [6.45, 7) is 4.22. The third-order valence-corrected chi connectivity index (χ3v) is 5.62. The molecular formula is C24H23FN4O2. The highest BCUT2D eigenvalue weighted by Gasteiger charge is 2.17. The largest absolute Gasteiger partial charge is 0.484 e. The minimum absolute atomic E-state index is 0.115. The zero-order valence-electron chi connectivity index (χ0n) is 17.3. The van der Waals surface area contributed by atoms with E-state index in [1.807, 2.05) is 6.07 Å². The molecule has 1 fully saturated rings. The van der Waals surface area contributed by atoms with Crippen LogP contribution in [0.15, 0.2) is 65.2 Å². The highest BCUT2D eigenvalue weighted by atomic mass is 19.1. The first-order chi connectivity index (χ1) is 15.2. The van der Waals surface area contributed by atoms with Gasteiger partial charge in [0.1, 0.15) is 11.6 Å². The quantitative estimate of drug-likeness (QED) is 0.480. The topological polar surface area (TPSA) is 54.6 Å². The van der Waals surface area contributed by atoms with Crippen molar-refractivity contribution >= 4 is 16.5 Å². The molecule has 0 bridgehead atoms. The SMILES string of the molecule is CN1CCN(c2cccc3ccc(OCc4nc(-c5ccccc5F)no4)cc23)CC1. The van der Waals surface area contributed by atoms with E-state index in [2.05, 4.69) is 57.3 Å². The molecule has 0 spiro atoms. The van der Waals surface area contributed by atoms with Gasteiger partial charge in [0.25, 0.3) is 5.89 Å². The summed E-state index contributed by atoms with van der Waals surface area (Å²) in [5, 5.41) is 6.20. The molecule has 0 atom stereocenters. The number of hydrogen-bond donors (Lipinski definition) is 0. The number of halogens is 1. The minimum Gasteiger partial charge on any atom is -0.484 e. The van der Waals surface area contributed by atoms with E-state index in [9.17, 15) is 4.39 Å². The molecule has 3 aromatic carbocycles. The molecule has 158 valence electrons. The van der Waals surface area contributed by atoms with Crippen LogP contribution in [0.1, 0.15) is 5.89 Å². The number of rotatable bonds is 5. The predicted octanol–water partition coefficient (Wildman–Crippen LogP) is 4.36. The van der Waals surface area contributed by atoms with E-state index in [1.165, 1.54) is 17.1 Å². The number of nitrogens with zero attached hydrogens (tertiary/aromatic N) is 4. The van der Waals surface area contributed by atoms with E-state index in [0.717, 1.165) is 37.3 Å². The van der Waals surface area contributed by atoms with Gasteiger partial charge in [-0.1, -0.05) is 35.5 Å². The molecule has 0 unspecified atom stereocenters. The van der Waals surface area contributed by atoms with Crippen LogP contribution >= 0.6 is 0 Å². The smallest absolute Gasteiger partial charge is 0.264 e. The fourth-order valence-corrected chi connectivity index (χ4v) is 3.86. The number of fused-ring (bicyclic) bond motifs is 1. The summed E-state index contributed by atoms with van der Waals surface area (Å²) >= 11 is 0. The average Bonchev–Trinajstić information content (AvgIpc) is 3.27. The summed E-state index contributed by atoms with van der Waals surface area (Å²) in [5.74, 6) is 0.847. The minimum atomic E-state index is -0.387. The third kappa shape index (κ3) is 4.09. The molecule has 6 nitrogen and oxygen atoms in total. The number of piperazine rings is 1. The number of anilines is 1. The molecular weight excluding hydrogens is 395 g/mol. The average molecular weight is 418 g/mol. The lowest BCUT2D eigenvalue weighted by Gasteiger charge is -2.34. The molecule has 0 radical (unpaired) electrons. The van der Waals surface area contributed by atoms with Crippen LogP contribution < -0.4 is 9.64 Å². The number of ether oxygens (including phenoxy) is 1. The molecule has 1 saturated heterocycles. The second kappa shape index (κ2) is 8.35. The Balaban J connectivity index is 1.34. The maximum atomic E-state index is 13.9. The fourth-order valence-electron chi connectivity index (χ4n) is 3.86. The van der Waals surface area contributed by atoms with Crippen LogP contribution in [-0.2, 0) is 6.61 Å². The zero-order chi connectivity index (χ0) is 21.2. The standard InChI is InChI=1S/C24H23FN4O2/c1-28-11-13-29(14-12-28)22-8-4-5-17-9-10-18(15-20(17)22)30-16-23-26-24(27-31-23)19-6-2-3-7-21(19)25/h2-10,15H,11-14,16H2,1H3. The van der Waals surface area contributed by atoms with Gasteiger partial charge >= 0.3 is 0 Å². The van der Waals surface area contributed by atoms with Crippen molar-refractivity contribution in [3.63, 3.8) is 0 Å². The van der Waals surface area contributed by atoms with Crippen molar-refractivity contribution in [2.24, 2.45) is 0 Å². The van der Waals surface area contributed by atoms with Gasteiger partial charge in [0, 0.05) is 37.3 Å². The van der Waals surface area contributed by atoms with Crippen LogP contribution in [0.2, 0.25) is 0 Å². The number of hydrogen-bond acceptors (Lipinski definition) is 6. The lowest BCUT2D eigenvalue weighted by atomic mass is 10.1. The van der Waals surface area contributed by atoms with Crippen LogP contribution in [0, 0.1) is 5.82 Å². The molecule has 5 rings (SSSR count). The molecule has 0 saturated carbocycles. The van der Waals surface area contributed by atoms with Gasteiger partial charge in [0.15, 0.2) is 6.61 Å². The van der Waals surface area contributed by atoms with Gasteiger partial charge < -0.3 is 19.1 Å². The summed E-state index contributed by atoms with van der Waals surface area (Å²) in [5.41, 5.74) is 1.52. The normalized spacial score (nSPS) is 14.8. The van der Waals surface area contributed by atoms with Crippen molar-refractivity contribution in [3.8, 4) is 17.1 Å². The van der Waals surface area contributed by atoms with E-state index in [-0.39, 0.29) is 18.2 Å². The number of benzene rings is 3. The van der Waals surface area contributed by atoms with Crippen molar-refractivity contribution in [1.82, 2.24) is 15.0 Å². The summed E-state index contributed by atoms with van der Waals surface area (Å²) in [4.78, 5) is 9.03. The monoisotopic (exact) mass is 418 g/mol. The molecule has 1 aliphatic rings. The van der Waals surface area contributed by atoms with Crippen molar-refractivity contribution in [1.29, 1.82) is 0 Å². The van der Waals surface area contributed by atoms with Gasteiger partial charge in [0.2, 0.25) is 5.82 Å². The summed E-state index contributed by atoms with van der Waals surface area (Å²) in [6.07, 6.45) is 0. The first-order valence-corrected chi connectivity index (χ1v) is 10.3. The van der Waals surface area contributed by atoms with Crippen molar-refractivity contribution in [2.75, 3.05) is 38.1 Å². The molecule has 4 aromatic rings. The van der Waals surface area contributed by atoms with E-state index in [4.69, 9.17) is 9.26 Å². The lowest BCUT2D eigenvalue weighted by Crippen LogP contribution is -2.44. The molecule has 1 aliphatic heterocycles. The number of aromatic nitrogens is 2. The van der Waals surface area contributed by atoms with Gasteiger partial charge in [-0.05, 0) is 42.8 Å². The van der Waals surface area contributed by atoms with Crippen LogP contribution in [0.4, 0.5) is 10.1 Å². The van der Waals surface area contributed by atoms with Crippen molar-refractivity contribution in [2.45, 2.75) is 6.61 Å². The molecule has 0 amide bonds. The Morgan fingerprint density at radius 2 is 1.84 bits per heavy atom. The fraction of sp³-hybridized carbons (Fsp3) is 0.250. The Morgan fingerprint density at radius 1 is 1.00 bits per heavy atom. The van der Waals surface area contributed by atoms with E-state index < -0.39 is 0 Å². The van der Waals surface area contributed by atoms with Crippen LogP contribution in [0.25, 0.3) is 22.2 Å². The van der Waals surface area contributed by atoms with Crippen LogP contribution in [0.3, 0.4) is 0 Å². The highest BCUT2D eigenvalue weighted by molar-refractivity contribution is 5.95. The van der Waals surface area contributed by atoms with Crippen molar-refractivity contribution < 1.29 is 13.7 Å². The third-order valence-electron chi connectivity index (χ3n) is 5.62. The predicted molar refractivity (Wildman–Crippen MR) is 118 cm³/mol. The first kappa shape index (κ1) is 19.5. The number of likely N-dealkylation sites (N-methyl/N-ethyl adjacent to an activating group) is 1. The molecule has 2 heterocycles. The van der Waals surface area contributed by atoms with E-state index in [0.29, 0.717) is 11.5 Å². The second-order valence-electron chi connectivity index (χ2n) is 7.73. The Kier molecular flexibility index (Phi) is 5.26. The maximum absolute atomic E-state index is 13.9. The Labute approximate surface area is 179 Å². The Hall–Kier alpha value is -3.45. The molecule has 0 aliphatic carbocycles. The van der Waals surface area contributed by atoms with Gasteiger partial charge in [0.05, 0.1) is 5.56 Å². The first-order valence-electron chi connectivity index (χ1n) is 10.3. The van der Waals surface area contributed by atoms with E-state index in [1.54, 1.807) is 18.2 Å². The maximum Gasteiger partial charge on any atom is 0.264 e. The summed E-state index contributed by atoms with van der Waals surface area (Å²) in [7, 11) is 2.15. The molecule has 1 aromatic heterocycles. The van der Waals surface area contributed by atoms with Gasteiger partial charge in [-0.2, -0.15) is 4.98 Å². The highest BCUT2D eigenvalue weighted by Crippen LogP contribution is 2.31. The summed E-state index contributed by atoms with van der Waals surface area (Å²) < 4.78 is 25.1. The Bertz CT molecular complexity index is 1200. The van der Waals surface area contributed by atoms with Crippen LogP contribution in [-0.4, -0.2) is 48.3 Å². The van der Waals surface area contributed by atoms with E-state index >= 15 is 0 Å². The van der Waals surface area contributed by atoms with Gasteiger partial charge in [-0.25, -0.2) is 4.39 Å². The van der Waals surface area contributed by atoms with Gasteiger partial charge in [-0.3, -0.25) is 0 Å². The van der Waals surface area contributed by atoms with Crippen molar-refractivity contribution in [3.05, 3.63) is 72.4 Å². The molecule has 0 N–H and O–H groups in total. The van der Waals surface area contributed by atoms with Crippen LogP contribution in [0.5, 0.6) is 5.75 Å². The lowest BCUT2D eigenvalue weighted by molar-refractivity contribution is 0.243. The molecule has 31 heavy (non-hydrogen) atoms. The zero-order valence-corrected chi connectivity index (χ0v) is 17.3. The summed E-state index contributed by atoms with van der Waals surface area (Å²) in [6, 6.07) is 18.8. The van der Waals surface area contributed by atoms with Gasteiger partial charge in [-0.15, -0.1) is 0 Å². The Morgan fingerprint density at radius 3 is 2.68 bits per heavy atom. The molecule has 7 heteroatoms.